The Morgan fingerprint density at radius 2 is 2.00 bits per heavy atom. The molecule has 0 bridgehead atoms. The molecule has 94 valence electrons. The number of amides is 1. The molecule has 0 aromatic rings. The number of methoxy groups -OCH3 is 1. The summed E-state index contributed by atoms with van der Waals surface area (Å²) < 4.78 is 4.55. The van der Waals surface area contributed by atoms with Crippen molar-refractivity contribution in [2.24, 2.45) is 0 Å². The maximum Gasteiger partial charge on any atom is 0.305 e. The summed E-state index contributed by atoms with van der Waals surface area (Å²) in [6, 6.07) is 0. The molecule has 0 saturated carbocycles. The quantitative estimate of drug-likeness (QED) is 0.613. The van der Waals surface area contributed by atoms with Crippen LogP contribution in [0.3, 0.4) is 0 Å². The van der Waals surface area contributed by atoms with Crippen molar-refractivity contribution in [1.82, 2.24) is 10.2 Å². The molecule has 0 aliphatic carbocycles. The fourth-order valence-corrected chi connectivity index (χ4v) is 1.35. The number of likely N-dealkylation sites (N-methyl/N-ethyl adjacent to an activating group) is 2. The zero-order chi connectivity index (χ0) is 12.4. The van der Waals surface area contributed by atoms with E-state index in [9.17, 15) is 9.59 Å². The third kappa shape index (κ3) is 7.23. The van der Waals surface area contributed by atoms with Gasteiger partial charge in [0, 0.05) is 13.0 Å². The fourth-order valence-electron chi connectivity index (χ4n) is 1.35. The lowest BCUT2D eigenvalue weighted by Crippen LogP contribution is -2.37. The highest BCUT2D eigenvalue weighted by Crippen LogP contribution is 1.96. The second-order valence-corrected chi connectivity index (χ2v) is 3.50. The largest absolute Gasteiger partial charge is 0.469 e. The molecule has 0 aromatic heterocycles. The third-order valence-corrected chi connectivity index (χ3v) is 2.27. The predicted molar refractivity (Wildman–Crippen MR) is 62.0 cm³/mol. The monoisotopic (exact) mass is 230 g/mol. The molecule has 0 heterocycles. The maximum atomic E-state index is 11.3. The van der Waals surface area contributed by atoms with Crippen molar-refractivity contribution in [1.29, 1.82) is 0 Å². The highest BCUT2D eigenvalue weighted by molar-refractivity contribution is 5.77. The smallest absolute Gasteiger partial charge is 0.305 e. The number of hydrogen-bond donors (Lipinski definition) is 1. The van der Waals surface area contributed by atoms with Crippen LogP contribution in [0.1, 0.15) is 26.7 Å². The topological polar surface area (TPSA) is 58.6 Å². The van der Waals surface area contributed by atoms with E-state index in [0.717, 1.165) is 19.5 Å². The van der Waals surface area contributed by atoms with Crippen LogP contribution in [0.15, 0.2) is 0 Å². The van der Waals surface area contributed by atoms with Crippen molar-refractivity contribution in [3.63, 3.8) is 0 Å². The standard InChI is InChI=1S/C11H22N2O3/c1-4-12-10(14)9-13(5-2)8-6-7-11(15)16-3/h4-9H2,1-3H3,(H,12,14). The van der Waals surface area contributed by atoms with Crippen molar-refractivity contribution >= 4 is 11.9 Å². The minimum Gasteiger partial charge on any atom is -0.469 e. The molecule has 1 N–H and O–H groups in total. The average Bonchev–Trinajstić information content (AvgIpc) is 2.27. The van der Waals surface area contributed by atoms with E-state index in [1.807, 2.05) is 18.7 Å². The molecule has 5 nitrogen and oxygen atoms in total. The van der Waals surface area contributed by atoms with Crippen LogP contribution < -0.4 is 5.32 Å². The van der Waals surface area contributed by atoms with Crippen molar-refractivity contribution in [2.45, 2.75) is 26.7 Å². The van der Waals surface area contributed by atoms with Gasteiger partial charge in [0.1, 0.15) is 0 Å². The van der Waals surface area contributed by atoms with Crippen LogP contribution >= 0.6 is 0 Å². The summed E-state index contributed by atoms with van der Waals surface area (Å²) in [5, 5.41) is 2.75. The summed E-state index contributed by atoms with van der Waals surface area (Å²) in [4.78, 5) is 24.2. The summed E-state index contributed by atoms with van der Waals surface area (Å²) in [6.07, 6.45) is 1.13. The second-order valence-electron chi connectivity index (χ2n) is 3.50. The van der Waals surface area contributed by atoms with Gasteiger partial charge in [-0.15, -0.1) is 0 Å². The maximum absolute atomic E-state index is 11.3. The number of nitrogens with one attached hydrogen (secondary N) is 1. The summed E-state index contributed by atoms with van der Waals surface area (Å²) >= 11 is 0. The lowest BCUT2D eigenvalue weighted by Gasteiger charge is -2.19. The van der Waals surface area contributed by atoms with Crippen LogP contribution in [0.2, 0.25) is 0 Å². The van der Waals surface area contributed by atoms with Crippen molar-refractivity contribution in [3.8, 4) is 0 Å². The van der Waals surface area contributed by atoms with E-state index in [1.54, 1.807) is 0 Å². The molecule has 16 heavy (non-hydrogen) atoms. The van der Waals surface area contributed by atoms with Crippen LogP contribution in [0, 0.1) is 0 Å². The van der Waals surface area contributed by atoms with Crippen molar-refractivity contribution in [3.05, 3.63) is 0 Å². The normalized spacial score (nSPS) is 10.2. The predicted octanol–water partition coefficient (Wildman–Crippen LogP) is 0.398. The summed E-state index contributed by atoms with van der Waals surface area (Å²) in [5.74, 6) is -0.170. The fraction of sp³-hybridized carbons (Fsp3) is 0.818. The minimum atomic E-state index is -0.200. The highest BCUT2D eigenvalue weighted by atomic mass is 16.5. The zero-order valence-corrected chi connectivity index (χ0v) is 10.4. The Morgan fingerprint density at radius 1 is 1.31 bits per heavy atom. The molecule has 0 fully saturated rings. The van der Waals surface area contributed by atoms with Crippen molar-refractivity contribution in [2.75, 3.05) is 33.3 Å². The Kier molecular flexibility index (Phi) is 8.52. The Morgan fingerprint density at radius 3 is 2.50 bits per heavy atom. The zero-order valence-electron chi connectivity index (χ0n) is 10.4. The minimum absolute atomic E-state index is 0.0300. The molecule has 0 aliphatic rings. The van der Waals surface area contributed by atoms with Gasteiger partial charge < -0.3 is 10.1 Å². The first kappa shape index (κ1) is 14.9. The van der Waals surface area contributed by atoms with Gasteiger partial charge in [-0.3, -0.25) is 14.5 Å². The molecule has 0 spiro atoms. The Labute approximate surface area is 97.1 Å². The molecule has 0 aromatic carbocycles. The van der Waals surface area contributed by atoms with Gasteiger partial charge in [0.2, 0.25) is 5.91 Å². The second kappa shape index (κ2) is 9.15. The first-order valence-electron chi connectivity index (χ1n) is 5.69. The number of rotatable bonds is 8. The highest BCUT2D eigenvalue weighted by Gasteiger charge is 2.08. The van der Waals surface area contributed by atoms with E-state index >= 15 is 0 Å². The van der Waals surface area contributed by atoms with Gasteiger partial charge in [0.15, 0.2) is 0 Å². The van der Waals surface area contributed by atoms with E-state index in [1.165, 1.54) is 7.11 Å². The van der Waals surface area contributed by atoms with Gasteiger partial charge >= 0.3 is 5.97 Å². The van der Waals surface area contributed by atoms with E-state index < -0.39 is 0 Å². The molecule has 0 radical (unpaired) electrons. The van der Waals surface area contributed by atoms with Gasteiger partial charge in [-0.05, 0) is 26.4 Å². The van der Waals surface area contributed by atoms with Gasteiger partial charge in [-0.2, -0.15) is 0 Å². The molecule has 1 amide bonds. The lowest BCUT2D eigenvalue weighted by atomic mass is 10.3. The summed E-state index contributed by atoms with van der Waals surface area (Å²) in [7, 11) is 1.38. The van der Waals surface area contributed by atoms with Gasteiger partial charge in [0.25, 0.3) is 0 Å². The number of carbonyl (C=O) groups is 2. The Hall–Kier alpha value is -1.10. The SMILES string of the molecule is CCNC(=O)CN(CC)CCCC(=O)OC. The average molecular weight is 230 g/mol. The molecule has 0 atom stereocenters. The Balaban J connectivity index is 3.74. The number of nitrogens with zero attached hydrogens (tertiary/aromatic N) is 1. The van der Waals surface area contributed by atoms with Crippen molar-refractivity contribution < 1.29 is 14.3 Å². The molecular formula is C11H22N2O3. The molecule has 0 saturated heterocycles. The molecule has 0 unspecified atom stereocenters. The van der Waals surface area contributed by atoms with E-state index in [2.05, 4.69) is 10.1 Å². The number of ether oxygens (including phenoxy) is 1. The van der Waals surface area contributed by atoms with Gasteiger partial charge in [0.05, 0.1) is 13.7 Å². The number of hydrogen-bond acceptors (Lipinski definition) is 4. The van der Waals surface area contributed by atoms with Gasteiger partial charge in [-0.1, -0.05) is 6.92 Å². The Bertz CT molecular complexity index is 219. The molecular weight excluding hydrogens is 208 g/mol. The van der Waals surface area contributed by atoms with Crippen LogP contribution in [-0.2, 0) is 14.3 Å². The van der Waals surface area contributed by atoms with Crippen LogP contribution in [0.4, 0.5) is 0 Å². The first-order chi connectivity index (χ1) is 7.63. The molecule has 0 rings (SSSR count). The van der Waals surface area contributed by atoms with Crippen LogP contribution in [0.5, 0.6) is 0 Å². The molecule has 5 heteroatoms. The van der Waals surface area contributed by atoms with Crippen LogP contribution in [0.25, 0.3) is 0 Å². The lowest BCUT2D eigenvalue weighted by molar-refractivity contribution is -0.140. The number of carbonyl (C=O) groups excluding carboxylic acids is 2. The van der Waals surface area contributed by atoms with E-state index in [0.29, 0.717) is 19.5 Å². The third-order valence-electron chi connectivity index (χ3n) is 2.27. The van der Waals surface area contributed by atoms with E-state index in [-0.39, 0.29) is 11.9 Å². The molecule has 0 aliphatic heterocycles. The summed E-state index contributed by atoms with van der Waals surface area (Å²) in [5.41, 5.74) is 0. The van der Waals surface area contributed by atoms with E-state index in [4.69, 9.17) is 0 Å². The summed E-state index contributed by atoms with van der Waals surface area (Å²) in [6.45, 7) is 6.48. The van der Waals surface area contributed by atoms with Crippen LogP contribution in [-0.4, -0.2) is 50.1 Å². The van der Waals surface area contributed by atoms with Gasteiger partial charge in [-0.25, -0.2) is 0 Å². The number of esters is 1. The first-order valence-corrected chi connectivity index (χ1v) is 5.69.